The van der Waals surface area contributed by atoms with E-state index in [-0.39, 0.29) is 12.4 Å². The summed E-state index contributed by atoms with van der Waals surface area (Å²) in [6.45, 7) is 1.90. The van der Waals surface area contributed by atoms with Gasteiger partial charge in [-0.1, -0.05) is 19.1 Å². The van der Waals surface area contributed by atoms with Crippen molar-refractivity contribution in [2.45, 2.75) is 13.3 Å². The molecule has 0 unspecified atom stereocenters. The molecule has 0 amide bonds. The van der Waals surface area contributed by atoms with Crippen LogP contribution in [0.2, 0.25) is 0 Å². The third-order valence-corrected chi connectivity index (χ3v) is 2.53. The summed E-state index contributed by atoms with van der Waals surface area (Å²) in [4.78, 5) is 0. The number of benzene rings is 1. The first-order chi connectivity index (χ1) is 7.59. The molecule has 0 aromatic heterocycles. The topological polar surface area (TPSA) is 61.8 Å². The van der Waals surface area contributed by atoms with Gasteiger partial charge < -0.3 is 8.92 Å². The van der Waals surface area contributed by atoms with Crippen molar-refractivity contribution in [3.05, 3.63) is 24.3 Å². The summed E-state index contributed by atoms with van der Waals surface area (Å²) in [6, 6.07) is 6.45. The van der Waals surface area contributed by atoms with Crippen LogP contribution in [0.1, 0.15) is 13.3 Å². The van der Waals surface area contributed by atoms with Gasteiger partial charge in [-0.15, -0.1) is 0 Å². The Labute approximate surface area is 95.3 Å². The van der Waals surface area contributed by atoms with E-state index in [0.29, 0.717) is 12.2 Å². The van der Waals surface area contributed by atoms with Crippen molar-refractivity contribution >= 4 is 10.4 Å². The van der Waals surface area contributed by atoms with Crippen molar-refractivity contribution < 1.29 is 21.5 Å². The predicted octanol–water partition coefficient (Wildman–Crippen LogP) is 1.75. The summed E-state index contributed by atoms with van der Waals surface area (Å²) in [5.74, 6) is 0.451. The van der Waals surface area contributed by atoms with E-state index in [2.05, 4.69) is 4.18 Å². The molecule has 90 valence electrons. The zero-order chi connectivity index (χ0) is 12.0. The van der Waals surface area contributed by atoms with Gasteiger partial charge in [0.2, 0.25) is 0 Å². The van der Waals surface area contributed by atoms with Gasteiger partial charge in [0.25, 0.3) is 0 Å². The number of para-hydroxylation sites is 2. The van der Waals surface area contributed by atoms with Crippen LogP contribution < -0.4 is 8.92 Å². The normalized spacial score (nSPS) is 11.1. The molecular weight excluding hydrogens is 232 g/mol. The Morgan fingerprint density at radius 1 is 1.19 bits per heavy atom. The zero-order valence-corrected chi connectivity index (χ0v) is 9.99. The average molecular weight is 246 g/mol. The van der Waals surface area contributed by atoms with E-state index in [4.69, 9.17) is 8.92 Å². The Morgan fingerprint density at radius 2 is 1.81 bits per heavy atom. The Kier molecular flexibility index (Phi) is 4.57. The van der Waals surface area contributed by atoms with E-state index in [0.717, 1.165) is 0 Å². The molecule has 1 aromatic carbocycles. The average Bonchev–Trinajstić information content (AvgIpc) is 2.27. The largest absolute Gasteiger partial charge is 0.493 e. The van der Waals surface area contributed by atoms with Crippen molar-refractivity contribution in [3.63, 3.8) is 0 Å². The first-order valence-corrected chi connectivity index (χ1v) is 6.14. The minimum atomic E-state index is -4.01. The van der Waals surface area contributed by atoms with E-state index in [9.17, 15) is 8.42 Å². The second-order valence-corrected chi connectivity index (χ2v) is 4.18. The molecule has 0 aliphatic rings. The minimum Gasteiger partial charge on any atom is -0.493 e. The SMILES string of the molecule is CCCOS(=O)(=O)Oc1ccccc1OC. The fourth-order valence-electron chi connectivity index (χ4n) is 1.01. The van der Waals surface area contributed by atoms with Crippen molar-refractivity contribution in [1.29, 1.82) is 0 Å². The fourth-order valence-corrected chi connectivity index (χ4v) is 1.78. The highest BCUT2D eigenvalue weighted by molar-refractivity contribution is 7.82. The minimum absolute atomic E-state index is 0.0947. The summed E-state index contributed by atoms with van der Waals surface area (Å²) >= 11 is 0. The second-order valence-electron chi connectivity index (χ2n) is 2.96. The number of hydrogen-bond acceptors (Lipinski definition) is 5. The maximum Gasteiger partial charge on any atom is 0.449 e. The lowest BCUT2D eigenvalue weighted by Gasteiger charge is -2.09. The van der Waals surface area contributed by atoms with Gasteiger partial charge in [-0.2, -0.15) is 8.42 Å². The number of methoxy groups -OCH3 is 1. The van der Waals surface area contributed by atoms with Crippen molar-refractivity contribution in [2.24, 2.45) is 0 Å². The molecule has 0 atom stereocenters. The van der Waals surface area contributed by atoms with Crippen molar-refractivity contribution in [1.82, 2.24) is 0 Å². The molecule has 0 spiro atoms. The van der Waals surface area contributed by atoms with Gasteiger partial charge in [-0.3, -0.25) is 0 Å². The Morgan fingerprint density at radius 3 is 2.38 bits per heavy atom. The van der Waals surface area contributed by atoms with Crippen molar-refractivity contribution in [3.8, 4) is 11.5 Å². The molecule has 0 aliphatic carbocycles. The van der Waals surface area contributed by atoms with Gasteiger partial charge in [0.1, 0.15) is 0 Å². The molecular formula is C10H14O5S. The molecule has 0 N–H and O–H groups in total. The van der Waals surface area contributed by atoms with Gasteiger partial charge in [0, 0.05) is 0 Å². The van der Waals surface area contributed by atoms with E-state index in [1.807, 2.05) is 0 Å². The monoisotopic (exact) mass is 246 g/mol. The first-order valence-electron chi connectivity index (χ1n) is 4.81. The van der Waals surface area contributed by atoms with Crippen LogP contribution in [0.3, 0.4) is 0 Å². The van der Waals surface area contributed by atoms with Gasteiger partial charge in [0.05, 0.1) is 13.7 Å². The molecule has 0 saturated carbocycles. The van der Waals surface area contributed by atoms with Crippen LogP contribution in [0.15, 0.2) is 24.3 Å². The molecule has 0 aliphatic heterocycles. The highest BCUT2D eigenvalue weighted by Crippen LogP contribution is 2.27. The standard InChI is InChI=1S/C10H14O5S/c1-3-8-14-16(11,12)15-10-7-5-4-6-9(10)13-2/h4-7H,3,8H2,1-2H3. The number of rotatable bonds is 6. The van der Waals surface area contributed by atoms with Crippen LogP contribution in [0.25, 0.3) is 0 Å². The fraction of sp³-hybridized carbons (Fsp3) is 0.400. The van der Waals surface area contributed by atoms with Gasteiger partial charge in [0.15, 0.2) is 11.5 Å². The lowest BCUT2D eigenvalue weighted by Crippen LogP contribution is -2.14. The predicted molar refractivity (Wildman–Crippen MR) is 58.8 cm³/mol. The summed E-state index contributed by atoms with van der Waals surface area (Å²) in [6.07, 6.45) is 0.592. The summed E-state index contributed by atoms with van der Waals surface area (Å²) in [7, 11) is -2.58. The Balaban J connectivity index is 2.79. The zero-order valence-electron chi connectivity index (χ0n) is 9.17. The van der Waals surface area contributed by atoms with Crippen molar-refractivity contribution in [2.75, 3.05) is 13.7 Å². The van der Waals surface area contributed by atoms with Gasteiger partial charge >= 0.3 is 10.4 Å². The third-order valence-electron chi connectivity index (χ3n) is 1.69. The molecule has 6 heteroatoms. The van der Waals surface area contributed by atoms with Gasteiger partial charge in [-0.05, 0) is 18.6 Å². The molecule has 0 fully saturated rings. The number of hydrogen-bond donors (Lipinski definition) is 0. The molecule has 0 radical (unpaired) electrons. The maximum absolute atomic E-state index is 11.3. The van der Waals surface area contributed by atoms with Crippen LogP contribution in [0.5, 0.6) is 11.5 Å². The maximum atomic E-state index is 11.3. The van der Waals surface area contributed by atoms with E-state index in [1.54, 1.807) is 25.1 Å². The highest BCUT2D eigenvalue weighted by Gasteiger charge is 2.15. The molecule has 1 aromatic rings. The molecule has 0 heterocycles. The summed E-state index contributed by atoms with van der Waals surface area (Å²) in [5, 5.41) is 0. The summed E-state index contributed by atoms with van der Waals surface area (Å²) in [5.41, 5.74) is 0. The molecule has 16 heavy (non-hydrogen) atoms. The smallest absolute Gasteiger partial charge is 0.449 e. The van der Waals surface area contributed by atoms with Crippen LogP contribution in [-0.4, -0.2) is 22.1 Å². The molecule has 1 rings (SSSR count). The van der Waals surface area contributed by atoms with Crippen LogP contribution in [0.4, 0.5) is 0 Å². The molecule has 5 nitrogen and oxygen atoms in total. The Bertz CT molecular complexity index is 427. The van der Waals surface area contributed by atoms with E-state index >= 15 is 0 Å². The van der Waals surface area contributed by atoms with Gasteiger partial charge in [-0.25, -0.2) is 4.18 Å². The first kappa shape index (κ1) is 12.8. The van der Waals surface area contributed by atoms with E-state index in [1.165, 1.54) is 13.2 Å². The molecule has 0 bridgehead atoms. The van der Waals surface area contributed by atoms with Crippen LogP contribution >= 0.6 is 0 Å². The van der Waals surface area contributed by atoms with Crippen LogP contribution in [0, 0.1) is 0 Å². The lowest BCUT2D eigenvalue weighted by atomic mass is 10.3. The third kappa shape index (κ3) is 3.71. The number of ether oxygens (including phenoxy) is 1. The second kappa shape index (κ2) is 5.72. The van der Waals surface area contributed by atoms with Crippen LogP contribution in [-0.2, 0) is 14.6 Å². The Hall–Kier alpha value is -1.27. The molecule has 0 saturated heterocycles. The summed E-state index contributed by atoms with van der Waals surface area (Å²) < 4.78 is 36.9. The quantitative estimate of drug-likeness (QED) is 0.765. The lowest BCUT2D eigenvalue weighted by molar-refractivity contribution is 0.270. The highest BCUT2D eigenvalue weighted by atomic mass is 32.3. The van der Waals surface area contributed by atoms with E-state index < -0.39 is 10.4 Å².